The molecule has 0 bridgehead atoms. The lowest BCUT2D eigenvalue weighted by Gasteiger charge is -2.13. The number of aromatic nitrogens is 1. The monoisotopic (exact) mass is 380 g/mol. The molecule has 0 saturated carbocycles. The van der Waals surface area contributed by atoms with Crippen LogP contribution in [-0.2, 0) is 24.3 Å². The fraction of sp³-hybridized carbons (Fsp3) is 0.368. The van der Waals surface area contributed by atoms with Gasteiger partial charge in [-0.2, -0.15) is 13.2 Å². The number of pyridine rings is 1. The minimum atomic E-state index is -4.31. The Hall–Kier alpha value is -2.61. The van der Waals surface area contributed by atoms with E-state index in [9.17, 15) is 13.2 Å². The molecule has 2 aromatic rings. The van der Waals surface area contributed by atoms with E-state index in [0.717, 1.165) is 17.7 Å². The van der Waals surface area contributed by atoms with Crippen molar-refractivity contribution in [2.24, 2.45) is 4.99 Å². The summed E-state index contributed by atoms with van der Waals surface area (Å²) in [7, 11) is 1.68. The Balaban J connectivity index is 1.76. The molecular formula is C19H23F3N4O. The molecule has 0 aliphatic heterocycles. The number of ether oxygens (including phenoxy) is 1. The molecule has 1 aromatic carbocycles. The van der Waals surface area contributed by atoms with Crippen molar-refractivity contribution >= 4 is 5.96 Å². The highest BCUT2D eigenvalue weighted by molar-refractivity contribution is 5.79. The van der Waals surface area contributed by atoms with Crippen molar-refractivity contribution < 1.29 is 17.9 Å². The first kappa shape index (κ1) is 20.7. The Labute approximate surface area is 156 Å². The van der Waals surface area contributed by atoms with Crippen LogP contribution in [0.3, 0.4) is 0 Å². The van der Waals surface area contributed by atoms with Crippen LogP contribution in [0, 0.1) is 0 Å². The van der Waals surface area contributed by atoms with E-state index in [-0.39, 0.29) is 6.61 Å². The normalized spacial score (nSPS) is 12.1. The van der Waals surface area contributed by atoms with Gasteiger partial charge in [0.25, 0.3) is 0 Å². The minimum Gasteiger partial charge on any atom is -0.367 e. The van der Waals surface area contributed by atoms with E-state index in [1.165, 1.54) is 0 Å². The van der Waals surface area contributed by atoms with Crippen LogP contribution in [0.5, 0.6) is 0 Å². The predicted octanol–water partition coefficient (Wildman–Crippen LogP) is 3.07. The van der Waals surface area contributed by atoms with Crippen LogP contribution >= 0.6 is 0 Å². The molecule has 0 aliphatic carbocycles. The van der Waals surface area contributed by atoms with Crippen molar-refractivity contribution in [3.8, 4) is 0 Å². The molecule has 0 aliphatic rings. The van der Waals surface area contributed by atoms with Crippen LogP contribution in [-0.4, -0.2) is 37.3 Å². The maximum absolute atomic E-state index is 12.1. The van der Waals surface area contributed by atoms with Gasteiger partial charge in [0.1, 0.15) is 6.61 Å². The summed E-state index contributed by atoms with van der Waals surface area (Å²) < 4.78 is 41.1. The number of hydrogen-bond donors (Lipinski definition) is 2. The van der Waals surface area contributed by atoms with Gasteiger partial charge in [-0.25, -0.2) is 0 Å². The number of aliphatic imine (C=N–C) groups is 1. The van der Waals surface area contributed by atoms with Crippen LogP contribution in [0.2, 0.25) is 0 Å². The quantitative estimate of drug-likeness (QED) is 0.546. The van der Waals surface area contributed by atoms with Gasteiger partial charge in [-0.15, -0.1) is 0 Å². The van der Waals surface area contributed by atoms with E-state index >= 15 is 0 Å². The van der Waals surface area contributed by atoms with Gasteiger partial charge in [-0.05, 0) is 23.3 Å². The Morgan fingerprint density at radius 1 is 1.11 bits per heavy atom. The highest BCUT2D eigenvalue weighted by Crippen LogP contribution is 2.16. The third-order valence-electron chi connectivity index (χ3n) is 3.61. The number of halogens is 3. The summed E-state index contributed by atoms with van der Waals surface area (Å²) in [5.74, 6) is 0.643. The molecule has 0 atom stereocenters. The fourth-order valence-electron chi connectivity index (χ4n) is 2.38. The van der Waals surface area contributed by atoms with Crippen molar-refractivity contribution in [3.63, 3.8) is 0 Å². The molecular weight excluding hydrogens is 357 g/mol. The van der Waals surface area contributed by atoms with Crippen LogP contribution in [0.25, 0.3) is 0 Å². The highest BCUT2D eigenvalue weighted by Gasteiger charge is 2.27. The van der Waals surface area contributed by atoms with Gasteiger partial charge in [-0.3, -0.25) is 9.98 Å². The maximum atomic E-state index is 12.1. The van der Waals surface area contributed by atoms with Gasteiger partial charge < -0.3 is 15.4 Å². The lowest BCUT2D eigenvalue weighted by Crippen LogP contribution is -2.37. The third kappa shape index (κ3) is 8.54. The van der Waals surface area contributed by atoms with E-state index in [2.05, 4.69) is 20.6 Å². The van der Waals surface area contributed by atoms with Crippen molar-refractivity contribution in [1.82, 2.24) is 15.6 Å². The molecule has 1 aromatic heterocycles. The molecule has 8 heteroatoms. The van der Waals surface area contributed by atoms with E-state index in [1.54, 1.807) is 25.4 Å². The minimum absolute atomic E-state index is 0.0790. The average molecular weight is 380 g/mol. The SMILES string of the molecule is CN=C(NCCc1ccccn1)NCc1cccc(COCC(F)(F)F)c1. The molecule has 27 heavy (non-hydrogen) atoms. The summed E-state index contributed by atoms with van der Waals surface area (Å²) in [6.07, 6.45) is -1.78. The van der Waals surface area contributed by atoms with Gasteiger partial charge >= 0.3 is 6.18 Å². The summed E-state index contributed by atoms with van der Waals surface area (Å²) in [5.41, 5.74) is 2.61. The third-order valence-corrected chi connectivity index (χ3v) is 3.61. The number of hydrogen-bond acceptors (Lipinski definition) is 3. The first-order valence-electron chi connectivity index (χ1n) is 8.53. The zero-order chi connectivity index (χ0) is 19.5. The number of alkyl halides is 3. The maximum Gasteiger partial charge on any atom is 0.411 e. The van der Waals surface area contributed by atoms with Crippen molar-refractivity contribution in [1.29, 1.82) is 0 Å². The summed E-state index contributed by atoms with van der Waals surface area (Å²) in [5, 5.41) is 6.38. The van der Waals surface area contributed by atoms with Crippen molar-refractivity contribution in [2.75, 3.05) is 20.2 Å². The smallest absolute Gasteiger partial charge is 0.367 e. The van der Waals surface area contributed by atoms with Gasteiger partial charge in [0.15, 0.2) is 5.96 Å². The molecule has 0 amide bonds. The Morgan fingerprint density at radius 3 is 2.63 bits per heavy atom. The lowest BCUT2D eigenvalue weighted by atomic mass is 10.1. The summed E-state index contributed by atoms with van der Waals surface area (Å²) in [6.45, 7) is -0.148. The molecule has 0 radical (unpaired) electrons. The van der Waals surface area contributed by atoms with Crippen LogP contribution in [0.4, 0.5) is 13.2 Å². The van der Waals surface area contributed by atoms with Gasteiger partial charge in [-0.1, -0.05) is 30.3 Å². The number of guanidine groups is 1. The molecule has 146 valence electrons. The second-order valence-electron chi connectivity index (χ2n) is 5.85. The Kier molecular flexibility index (Phi) is 8.06. The first-order chi connectivity index (χ1) is 13.0. The molecule has 1 heterocycles. The van der Waals surface area contributed by atoms with Gasteiger partial charge in [0.05, 0.1) is 6.61 Å². The molecule has 0 fully saturated rings. The second kappa shape index (κ2) is 10.5. The number of nitrogens with one attached hydrogen (secondary N) is 2. The summed E-state index contributed by atoms with van der Waals surface area (Å²) in [4.78, 5) is 8.42. The fourth-order valence-corrected chi connectivity index (χ4v) is 2.38. The van der Waals surface area contributed by atoms with E-state index in [1.807, 2.05) is 30.3 Å². The van der Waals surface area contributed by atoms with E-state index < -0.39 is 12.8 Å². The molecule has 5 nitrogen and oxygen atoms in total. The average Bonchev–Trinajstić information content (AvgIpc) is 2.65. The van der Waals surface area contributed by atoms with Gasteiger partial charge in [0, 0.05) is 38.4 Å². The summed E-state index contributed by atoms with van der Waals surface area (Å²) in [6, 6.07) is 13.0. The van der Waals surface area contributed by atoms with Crippen molar-refractivity contribution in [3.05, 3.63) is 65.5 Å². The first-order valence-corrected chi connectivity index (χ1v) is 8.53. The number of nitrogens with zero attached hydrogens (tertiary/aromatic N) is 2. The standard InChI is InChI=1S/C19H23F3N4O/c1-23-18(25-10-8-17-7-2-3-9-24-17)26-12-15-5-4-6-16(11-15)13-27-14-19(20,21)22/h2-7,9,11H,8,10,12-14H2,1H3,(H2,23,25,26). The zero-order valence-corrected chi connectivity index (χ0v) is 15.1. The molecule has 0 unspecified atom stereocenters. The Morgan fingerprint density at radius 2 is 1.93 bits per heavy atom. The van der Waals surface area contributed by atoms with E-state index in [0.29, 0.717) is 24.6 Å². The zero-order valence-electron chi connectivity index (χ0n) is 15.1. The molecule has 2 N–H and O–H groups in total. The number of benzene rings is 1. The van der Waals surface area contributed by atoms with Crippen LogP contribution in [0.15, 0.2) is 53.7 Å². The summed E-state index contributed by atoms with van der Waals surface area (Å²) >= 11 is 0. The van der Waals surface area contributed by atoms with Crippen LogP contribution in [0.1, 0.15) is 16.8 Å². The highest BCUT2D eigenvalue weighted by atomic mass is 19.4. The molecule has 0 spiro atoms. The molecule has 0 saturated heterocycles. The largest absolute Gasteiger partial charge is 0.411 e. The molecule has 2 rings (SSSR count). The van der Waals surface area contributed by atoms with Crippen LogP contribution < -0.4 is 10.6 Å². The second-order valence-corrected chi connectivity index (χ2v) is 5.85. The number of rotatable bonds is 8. The Bertz CT molecular complexity index is 720. The topological polar surface area (TPSA) is 58.5 Å². The predicted molar refractivity (Wildman–Crippen MR) is 98.3 cm³/mol. The van der Waals surface area contributed by atoms with E-state index in [4.69, 9.17) is 4.74 Å². The van der Waals surface area contributed by atoms with Gasteiger partial charge in [0.2, 0.25) is 0 Å². The lowest BCUT2D eigenvalue weighted by molar-refractivity contribution is -0.176. The van der Waals surface area contributed by atoms with Crippen molar-refractivity contribution in [2.45, 2.75) is 25.7 Å².